The Bertz CT molecular complexity index is 379. The van der Waals surface area contributed by atoms with Crippen LogP contribution in [0, 0.1) is 6.92 Å². The molecule has 0 atom stereocenters. The molecule has 3 nitrogen and oxygen atoms in total. The highest BCUT2D eigenvalue weighted by molar-refractivity contribution is 6.31. The molecule has 0 spiro atoms. The van der Waals surface area contributed by atoms with Crippen molar-refractivity contribution in [3.8, 4) is 0 Å². The Kier molecular flexibility index (Phi) is 4.77. The number of nitrogens with zero attached hydrogens (tertiary/aromatic N) is 1. The van der Waals surface area contributed by atoms with Crippen LogP contribution < -0.4 is 5.73 Å². The normalized spacial score (nSPS) is 10.2. The highest BCUT2D eigenvalue weighted by Gasteiger charge is 2.13. The van der Waals surface area contributed by atoms with E-state index in [9.17, 15) is 4.79 Å². The fourth-order valence-electron chi connectivity index (χ4n) is 1.46. The number of carbonyl (C=O) groups is 1. The molecule has 0 fully saturated rings. The van der Waals surface area contributed by atoms with Crippen molar-refractivity contribution >= 4 is 17.5 Å². The van der Waals surface area contributed by atoms with E-state index in [1.807, 2.05) is 13.0 Å². The van der Waals surface area contributed by atoms with Crippen molar-refractivity contribution in [2.75, 3.05) is 20.1 Å². The van der Waals surface area contributed by atoms with Crippen LogP contribution in [-0.2, 0) is 0 Å². The molecule has 0 heterocycles. The minimum absolute atomic E-state index is 0.00606. The molecule has 0 radical (unpaired) electrons. The van der Waals surface area contributed by atoms with Gasteiger partial charge in [0.2, 0.25) is 0 Å². The van der Waals surface area contributed by atoms with Crippen molar-refractivity contribution in [2.24, 2.45) is 5.73 Å². The van der Waals surface area contributed by atoms with Crippen molar-refractivity contribution < 1.29 is 4.79 Å². The number of halogens is 1. The zero-order valence-corrected chi connectivity index (χ0v) is 10.4. The third kappa shape index (κ3) is 3.22. The first-order chi connectivity index (χ1) is 7.56. The summed E-state index contributed by atoms with van der Waals surface area (Å²) in [5, 5.41) is 0.584. The average molecular weight is 241 g/mol. The largest absolute Gasteiger partial charge is 0.342 e. The van der Waals surface area contributed by atoms with E-state index in [1.165, 1.54) is 0 Å². The highest BCUT2D eigenvalue weighted by atomic mass is 35.5. The Labute approximate surface area is 101 Å². The number of nitrogens with two attached hydrogens (primary N) is 1. The summed E-state index contributed by atoms with van der Waals surface area (Å²) < 4.78 is 0. The number of hydrogen-bond donors (Lipinski definition) is 1. The Balaban J connectivity index is 2.83. The van der Waals surface area contributed by atoms with Crippen molar-refractivity contribution in [1.29, 1.82) is 0 Å². The van der Waals surface area contributed by atoms with Gasteiger partial charge in [-0.15, -0.1) is 0 Å². The summed E-state index contributed by atoms with van der Waals surface area (Å²) in [6.45, 7) is 3.16. The molecule has 0 aliphatic carbocycles. The van der Waals surface area contributed by atoms with Crippen LogP contribution in [0.25, 0.3) is 0 Å². The van der Waals surface area contributed by atoms with Crippen molar-refractivity contribution in [3.05, 3.63) is 34.3 Å². The summed E-state index contributed by atoms with van der Waals surface area (Å²) >= 11 is 5.88. The smallest absolute Gasteiger partial charge is 0.253 e. The second-order valence-corrected chi connectivity index (χ2v) is 4.26. The molecule has 0 saturated carbocycles. The van der Waals surface area contributed by atoms with Gasteiger partial charge >= 0.3 is 0 Å². The first-order valence-electron chi connectivity index (χ1n) is 5.28. The standard InChI is InChI=1S/C12H17ClN2O/c1-9-4-5-10(13)8-11(9)12(16)15(2)7-3-6-14/h4-5,8H,3,6-7,14H2,1-2H3. The SMILES string of the molecule is Cc1ccc(Cl)cc1C(=O)N(C)CCCN. The van der Waals surface area contributed by atoms with Crippen LogP contribution in [-0.4, -0.2) is 30.9 Å². The number of amides is 1. The number of hydrogen-bond acceptors (Lipinski definition) is 2. The molecule has 2 N–H and O–H groups in total. The molecule has 0 aliphatic rings. The predicted molar refractivity (Wildman–Crippen MR) is 66.8 cm³/mol. The van der Waals surface area contributed by atoms with Crippen LogP contribution in [0.4, 0.5) is 0 Å². The van der Waals surface area contributed by atoms with E-state index in [0.717, 1.165) is 12.0 Å². The van der Waals surface area contributed by atoms with Crippen molar-refractivity contribution in [3.63, 3.8) is 0 Å². The minimum Gasteiger partial charge on any atom is -0.342 e. The monoisotopic (exact) mass is 240 g/mol. The second-order valence-electron chi connectivity index (χ2n) is 3.83. The minimum atomic E-state index is -0.00606. The molecule has 0 aromatic heterocycles. The molecule has 0 bridgehead atoms. The maximum Gasteiger partial charge on any atom is 0.253 e. The maximum atomic E-state index is 12.1. The van der Waals surface area contributed by atoms with Gasteiger partial charge in [0.05, 0.1) is 0 Å². The van der Waals surface area contributed by atoms with Crippen LogP contribution in [0.5, 0.6) is 0 Å². The molecule has 0 unspecified atom stereocenters. The van der Waals surface area contributed by atoms with Crippen LogP contribution >= 0.6 is 11.6 Å². The third-order valence-electron chi connectivity index (χ3n) is 2.47. The fourth-order valence-corrected chi connectivity index (χ4v) is 1.63. The average Bonchev–Trinajstić information content (AvgIpc) is 2.28. The lowest BCUT2D eigenvalue weighted by Gasteiger charge is -2.18. The molecule has 0 aliphatic heterocycles. The third-order valence-corrected chi connectivity index (χ3v) is 2.71. The van der Waals surface area contributed by atoms with Gasteiger partial charge in [-0.3, -0.25) is 4.79 Å². The fraction of sp³-hybridized carbons (Fsp3) is 0.417. The molecular formula is C12H17ClN2O. The molecular weight excluding hydrogens is 224 g/mol. The molecule has 1 aromatic rings. The highest BCUT2D eigenvalue weighted by Crippen LogP contribution is 2.16. The number of carbonyl (C=O) groups excluding carboxylic acids is 1. The van der Waals surface area contributed by atoms with Gasteiger partial charge in [-0.2, -0.15) is 0 Å². The summed E-state index contributed by atoms with van der Waals surface area (Å²) in [6, 6.07) is 5.35. The molecule has 0 saturated heterocycles. The van der Waals surface area contributed by atoms with E-state index in [1.54, 1.807) is 24.1 Å². The summed E-state index contributed by atoms with van der Waals surface area (Å²) in [6.07, 6.45) is 0.807. The van der Waals surface area contributed by atoms with Crippen molar-refractivity contribution in [1.82, 2.24) is 4.90 Å². The molecule has 88 valence electrons. The van der Waals surface area contributed by atoms with Gasteiger partial charge < -0.3 is 10.6 Å². The Morgan fingerprint density at radius 2 is 2.19 bits per heavy atom. The molecule has 4 heteroatoms. The molecule has 1 amide bonds. The number of rotatable bonds is 4. The van der Waals surface area contributed by atoms with E-state index in [-0.39, 0.29) is 5.91 Å². The lowest BCUT2D eigenvalue weighted by molar-refractivity contribution is 0.0793. The van der Waals surface area contributed by atoms with Crippen LogP contribution in [0.3, 0.4) is 0 Å². The lowest BCUT2D eigenvalue weighted by Crippen LogP contribution is -2.29. The van der Waals surface area contributed by atoms with Crippen LogP contribution in [0.1, 0.15) is 22.3 Å². The zero-order chi connectivity index (χ0) is 12.1. The first kappa shape index (κ1) is 13.0. The van der Waals surface area contributed by atoms with E-state index in [4.69, 9.17) is 17.3 Å². The van der Waals surface area contributed by atoms with Gasteiger partial charge in [-0.05, 0) is 37.6 Å². The van der Waals surface area contributed by atoms with Gasteiger partial charge in [0.15, 0.2) is 0 Å². The summed E-state index contributed by atoms with van der Waals surface area (Å²) in [5.74, 6) is -0.00606. The van der Waals surface area contributed by atoms with Gasteiger partial charge in [-0.1, -0.05) is 17.7 Å². The van der Waals surface area contributed by atoms with Gasteiger partial charge in [0, 0.05) is 24.2 Å². The Hall–Kier alpha value is -1.06. The van der Waals surface area contributed by atoms with Crippen molar-refractivity contribution in [2.45, 2.75) is 13.3 Å². The zero-order valence-electron chi connectivity index (χ0n) is 9.66. The quantitative estimate of drug-likeness (QED) is 0.876. The van der Waals surface area contributed by atoms with Gasteiger partial charge in [-0.25, -0.2) is 0 Å². The molecule has 1 aromatic carbocycles. The summed E-state index contributed by atoms with van der Waals surface area (Å²) in [5.41, 5.74) is 7.01. The topological polar surface area (TPSA) is 46.3 Å². The van der Waals surface area contributed by atoms with Gasteiger partial charge in [0.1, 0.15) is 0 Å². The second kappa shape index (κ2) is 5.87. The summed E-state index contributed by atoms with van der Waals surface area (Å²) in [7, 11) is 1.78. The van der Waals surface area contributed by atoms with E-state index < -0.39 is 0 Å². The Morgan fingerprint density at radius 1 is 1.50 bits per heavy atom. The van der Waals surface area contributed by atoms with E-state index in [0.29, 0.717) is 23.7 Å². The van der Waals surface area contributed by atoms with E-state index >= 15 is 0 Å². The number of benzene rings is 1. The molecule has 16 heavy (non-hydrogen) atoms. The first-order valence-corrected chi connectivity index (χ1v) is 5.65. The van der Waals surface area contributed by atoms with Crippen LogP contribution in [0.2, 0.25) is 5.02 Å². The van der Waals surface area contributed by atoms with E-state index in [2.05, 4.69) is 0 Å². The maximum absolute atomic E-state index is 12.1. The van der Waals surface area contributed by atoms with Crippen LogP contribution in [0.15, 0.2) is 18.2 Å². The lowest BCUT2D eigenvalue weighted by atomic mass is 10.1. The molecule has 1 rings (SSSR count). The van der Waals surface area contributed by atoms with Gasteiger partial charge in [0.25, 0.3) is 5.91 Å². The Morgan fingerprint density at radius 3 is 2.81 bits per heavy atom. The predicted octanol–water partition coefficient (Wildman–Crippen LogP) is 2.07. The number of aryl methyl sites for hydroxylation is 1. The summed E-state index contributed by atoms with van der Waals surface area (Å²) in [4.78, 5) is 13.7.